The summed E-state index contributed by atoms with van der Waals surface area (Å²) in [4.78, 5) is 14.7. The van der Waals surface area contributed by atoms with E-state index in [9.17, 15) is 13.6 Å². The highest BCUT2D eigenvalue weighted by molar-refractivity contribution is 9.10. The molecule has 0 saturated carbocycles. The lowest BCUT2D eigenvalue weighted by atomic mass is 10.1. The van der Waals surface area contributed by atoms with E-state index in [4.69, 9.17) is 5.73 Å². The van der Waals surface area contributed by atoms with E-state index in [1.165, 1.54) is 0 Å². The highest BCUT2D eigenvalue weighted by Crippen LogP contribution is 2.27. The summed E-state index contributed by atoms with van der Waals surface area (Å²) in [5.74, 6) is -0.917. The lowest BCUT2D eigenvalue weighted by molar-refractivity contribution is 0.0984. The molecule has 0 radical (unpaired) electrons. The number of nitrogens with zero attached hydrogens (tertiary/aromatic N) is 1. The first-order chi connectivity index (χ1) is 6.43. The van der Waals surface area contributed by atoms with E-state index in [2.05, 4.69) is 20.9 Å². The number of hydrogen-bond donors (Lipinski definition) is 1. The minimum Gasteiger partial charge on any atom is -0.366 e. The number of carbonyl (C=O) groups is 1. The summed E-state index contributed by atoms with van der Waals surface area (Å²) in [6.45, 7) is 1.56. The molecule has 0 bridgehead atoms. The molecular formula is C8H7BrF2N2O. The monoisotopic (exact) mass is 264 g/mol. The molecular weight excluding hydrogens is 258 g/mol. The van der Waals surface area contributed by atoms with Gasteiger partial charge in [0.1, 0.15) is 4.60 Å². The molecule has 1 amide bonds. The second kappa shape index (κ2) is 4.00. The van der Waals surface area contributed by atoms with Crippen LogP contribution in [0.25, 0.3) is 0 Å². The molecule has 0 fully saturated rings. The van der Waals surface area contributed by atoms with Gasteiger partial charge >= 0.3 is 0 Å². The molecule has 6 heteroatoms. The molecule has 1 aromatic heterocycles. The highest BCUT2D eigenvalue weighted by Gasteiger charge is 2.20. The van der Waals surface area contributed by atoms with Crippen LogP contribution < -0.4 is 5.73 Å². The minimum atomic E-state index is -2.74. The van der Waals surface area contributed by atoms with Crippen LogP contribution in [0, 0.1) is 6.92 Å². The summed E-state index contributed by atoms with van der Waals surface area (Å²) in [6.07, 6.45) is -2.74. The smallest absolute Gasteiger partial charge is 0.264 e. The molecule has 0 aliphatic heterocycles. The molecule has 0 aromatic carbocycles. The highest BCUT2D eigenvalue weighted by atomic mass is 79.9. The first kappa shape index (κ1) is 11.0. The summed E-state index contributed by atoms with van der Waals surface area (Å²) in [5.41, 5.74) is 4.71. The Morgan fingerprint density at radius 2 is 2.21 bits per heavy atom. The third-order valence-corrected chi connectivity index (χ3v) is 2.19. The summed E-state index contributed by atoms with van der Waals surface area (Å²) < 4.78 is 25.0. The van der Waals surface area contributed by atoms with Crippen molar-refractivity contribution in [2.24, 2.45) is 5.73 Å². The van der Waals surface area contributed by atoms with Gasteiger partial charge in [0.15, 0.2) is 0 Å². The predicted molar refractivity (Wildman–Crippen MR) is 50.1 cm³/mol. The topological polar surface area (TPSA) is 56.0 Å². The predicted octanol–water partition coefficient (Wildman–Crippen LogP) is 2.19. The van der Waals surface area contributed by atoms with Crippen LogP contribution in [0.15, 0.2) is 10.7 Å². The maximum atomic E-state index is 12.5. The van der Waals surface area contributed by atoms with E-state index in [0.29, 0.717) is 5.69 Å². The van der Waals surface area contributed by atoms with Gasteiger partial charge in [0, 0.05) is 11.3 Å². The molecule has 1 rings (SSSR count). The van der Waals surface area contributed by atoms with Crippen LogP contribution in [0.3, 0.4) is 0 Å². The Hall–Kier alpha value is -1.04. The molecule has 0 unspecified atom stereocenters. The van der Waals surface area contributed by atoms with E-state index in [1.54, 1.807) is 6.92 Å². The number of primary amides is 1. The van der Waals surface area contributed by atoms with Crippen molar-refractivity contribution in [3.05, 3.63) is 27.5 Å². The minimum absolute atomic E-state index is 0.0558. The van der Waals surface area contributed by atoms with Crippen molar-refractivity contribution >= 4 is 21.8 Å². The summed E-state index contributed by atoms with van der Waals surface area (Å²) in [5, 5.41) is 0. The number of pyridine rings is 1. The number of aryl methyl sites for hydroxylation is 1. The SMILES string of the molecule is Cc1cc(C(F)F)c(C(N)=O)c(Br)n1. The second-order valence-electron chi connectivity index (χ2n) is 2.68. The van der Waals surface area contributed by atoms with Crippen LogP contribution in [-0.4, -0.2) is 10.9 Å². The first-order valence-corrected chi connectivity index (χ1v) is 4.47. The van der Waals surface area contributed by atoms with Crippen LogP contribution in [0.2, 0.25) is 0 Å². The van der Waals surface area contributed by atoms with Gasteiger partial charge in [-0.3, -0.25) is 4.79 Å². The first-order valence-electron chi connectivity index (χ1n) is 3.68. The number of nitrogens with two attached hydrogens (primary N) is 1. The molecule has 76 valence electrons. The molecule has 0 aliphatic carbocycles. The van der Waals surface area contributed by atoms with Crippen LogP contribution in [0.1, 0.15) is 28.0 Å². The third-order valence-electron chi connectivity index (χ3n) is 1.62. The number of halogens is 3. The third kappa shape index (κ3) is 2.06. The number of rotatable bonds is 2. The van der Waals surface area contributed by atoms with Crippen molar-refractivity contribution in [1.82, 2.24) is 4.98 Å². The maximum Gasteiger partial charge on any atom is 0.264 e. The zero-order chi connectivity index (χ0) is 10.9. The van der Waals surface area contributed by atoms with Crippen molar-refractivity contribution in [3.63, 3.8) is 0 Å². The summed E-state index contributed by atoms with van der Waals surface area (Å²) in [6, 6.07) is 1.15. The summed E-state index contributed by atoms with van der Waals surface area (Å²) >= 11 is 2.92. The average Bonchev–Trinajstić information content (AvgIpc) is 2.01. The number of carbonyl (C=O) groups excluding carboxylic acids is 1. The Morgan fingerprint density at radius 1 is 1.64 bits per heavy atom. The molecule has 0 saturated heterocycles. The summed E-state index contributed by atoms with van der Waals surface area (Å²) in [7, 11) is 0. The Balaban J connectivity index is 3.44. The van der Waals surface area contributed by atoms with Gasteiger partial charge in [0.2, 0.25) is 0 Å². The molecule has 1 aromatic rings. The number of amides is 1. The Bertz CT molecular complexity index is 382. The van der Waals surface area contributed by atoms with Crippen molar-refractivity contribution in [2.75, 3.05) is 0 Å². The quantitative estimate of drug-likeness (QED) is 0.833. The van der Waals surface area contributed by atoms with Gasteiger partial charge in [-0.1, -0.05) is 0 Å². The lowest BCUT2D eigenvalue weighted by Gasteiger charge is -2.08. The second-order valence-corrected chi connectivity index (χ2v) is 3.43. The van der Waals surface area contributed by atoms with E-state index in [-0.39, 0.29) is 10.2 Å². The molecule has 14 heavy (non-hydrogen) atoms. The Kier molecular flexibility index (Phi) is 3.15. The van der Waals surface area contributed by atoms with Gasteiger partial charge in [-0.2, -0.15) is 0 Å². The molecule has 3 nitrogen and oxygen atoms in total. The molecule has 0 atom stereocenters. The van der Waals surface area contributed by atoms with E-state index < -0.39 is 17.9 Å². The maximum absolute atomic E-state index is 12.5. The molecule has 2 N–H and O–H groups in total. The molecule has 1 heterocycles. The van der Waals surface area contributed by atoms with E-state index in [1.807, 2.05) is 0 Å². The van der Waals surface area contributed by atoms with Gasteiger partial charge in [-0.25, -0.2) is 13.8 Å². The van der Waals surface area contributed by atoms with Gasteiger partial charge in [-0.05, 0) is 28.9 Å². The van der Waals surface area contributed by atoms with Crippen LogP contribution in [0.4, 0.5) is 8.78 Å². The van der Waals surface area contributed by atoms with Gasteiger partial charge in [-0.15, -0.1) is 0 Å². The fourth-order valence-corrected chi connectivity index (χ4v) is 1.78. The van der Waals surface area contributed by atoms with Gasteiger partial charge in [0.05, 0.1) is 5.56 Å². The van der Waals surface area contributed by atoms with Crippen molar-refractivity contribution in [3.8, 4) is 0 Å². The molecule has 0 aliphatic rings. The van der Waals surface area contributed by atoms with Crippen molar-refractivity contribution in [1.29, 1.82) is 0 Å². The van der Waals surface area contributed by atoms with E-state index in [0.717, 1.165) is 6.07 Å². The Labute approximate surface area is 87.4 Å². The largest absolute Gasteiger partial charge is 0.366 e. The Morgan fingerprint density at radius 3 is 2.64 bits per heavy atom. The number of aromatic nitrogens is 1. The van der Waals surface area contributed by atoms with Crippen molar-refractivity contribution < 1.29 is 13.6 Å². The fraction of sp³-hybridized carbons (Fsp3) is 0.250. The fourth-order valence-electron chi connectivity index (χ4n) is 1.08. The van der Waals surface area contributed by atoms with Crippen molar-refractivity contribution in [2.45, 2.75) is 13.3 Å². The standard InChI is InChI=1S/C8H7BrF2N2O/c1-3-2-4(7(10)11)5(8(12)14)6(9)13-3/h2,7H,1H3,(H2,12,14). The number of alkyl halides is 2. The normalized spacial score (nSPS) is 10.6. The molecule has 0 spiro atoms. The lowest BCUT2D eigenvalue weighted by Crippen LogP contribution is -2.16. The zero-order valence-electron chi connectivity index (χ0n) is 7.22. The average molecular weight is 265 g/mol. The number of hydrogen-bond acceptors (Lipinski definition) is 2. The van der Waals surface area contributed by atoms with Crippen LogP contribution in [-0.2, 0) is 0 Å². The zero-order valence-corrected chi connectivity index (χ0v) is 8.81. The van der Waals surface area contributed by atoms with Gasteiger partial charge < -0.3 is 5.73 Å². The van der Waals surface area contributed by atoms with E-state index >= 15 is 0 Å². The van der Waals surface area contributed by atoms with Gasteiger partial charge in [0.25, 0.3) is 12.3 Å². The van der Waals surface area contributed by atoms with Crippen LogP contribution in [0.5, 0.6) is 0 Å². The van der Waals surface area contributed by atoms with Crippen LogP contribution >= 0.6 is 15.9 Å².